The highest BCUT2D eigenvalue weighted by Crippen LogP contribution is 2.42. The predicted molar refractivity (Wildman–Crippen MR) is 73.7 cm³/mol. The second kappa shape index (κ2) is 4.62. The maximum atomic E-state index is 13.7. The smallest absolute Gasteiger partial charge is 0.137 e. The fourth-order valence-electron chi connectivity index (χ4n) is 2.43. The SMILES string of the molecule is OC1(c2ccc(Br)c(F)c2)CCOc2ccccc21. The average Bonchev–Trinajstić information content (AvgIpc) is 2.42. The minimum Gasteiger partial charge on any atom is -0.493 e. The van der Waals surface area contributed by atoms with Crippen LogP contribution in [0.4, 0.5) is 4.39 Å². The molecule has 19 heavy (non-hydrogen) atoms. The molecule has 0 amide bonds. The number of halogens is 2. The number of fused-ring (bicyclic) bond motifs is 1. The molecule has 1 unspecified atom stereocenters. The molecule has 4 heteroatoms. The predicted octanol–water partition coefficient (Wildman–Crippen LogP) is 3.61. The van der Waals surface area contributed by atoms with Crippen LogP contribution in [-0.4, -0.2) is 11.7 Å². The standard InChI is InChI=1S/C15H12BrFO2/c16-12-6-5-10(9-13(12)17)15(18)7-8-19-14-4-2-1-3-11(14)15/h1-6,9,18H,7-8H2. The summed E-state index contributed by atoms with van der Waals surface area (Å²) in [6.07, 6.45) is 0.408. The van der Waals surface area contributed by atoms with Crippen LogP contribution in [0.5, 0.6) is 5.75 Å². The number of ether oxygens (including phenoxy) is 1. The number of hydrogen-bond donors (Lipinski definition) is 1. The zero-order valence-electron chi connectivity index (χ0n) is 10.1. The summed E-state index contributed by atoms with van der Waals surface area (Å²) >= 11 is 3.12. The highest BCUT2D eigenvalue weighted by molar-refractivity contribution is 9.10. The third-order valence-electron chi connectivity index (χ3n) is 3.45. The number of benzene rings is 2. The molecule has 1 aliphatic heterocycles. The van der Waals surface area contributed by atoms with E-state index < -0.39 is 5.60 Å². The lowest BCUT2D eigenvalue weighted by atomic mass is 9.82. The fourth-order valence-corrected chi connectivity index (χ4v) is 2.68. The largest absolute Gasteiger partial charge is 0.493 e. The van der Waals surface area contributed by atoms with Gasteiger partial charge < -0.3 is 9.84 Å². The zero-order chi connectivity index (χ0) is 13.5. The second-order valence-corrected chi connectivity index (χ2v) is 5.44. The van der Waals surface area contributed by atoms with Gasteiger partial charge in [0.05, 0.1) is 11.1 Å². The van der Waals surface area contributed by atoms with Crippen molar-refractivity contribution >= 4 is 15.9 Å². The van der Waals surface area contributed by atoms with Crippen LogP contribution in [-0.2, 0) is 5.60 Å². The molecule has 1 aliphatic rings. The summed E-state index contributed by atoms with van der Waals surface area (Å²) in [5.74, 6) is 0.273. The molecular formula is C15H12BrFO2. The molecule has 0 saturated carbocycles. The molecule has 0 radical (unpaired) electrons. The Labute approximate surface area is 119 Å². The van der Waals surface area contributed by atoms with Gasteiger partial charge in [0.15, 0.2) is 0 Å². The average molecular weight is 323 g/mol. The van der Waals surface area contributed by atoms with Gasteiger partial charge in [-0.2, -0.15) is 0 Å². The lowest BCUT2D eigenvalue weighted by molar-refractivity contribution is 0.0346. The number of aliphatic hydroxyl groups is 1. The number of rotatable bonds is 1. The van der Waals surface area contributed by atoms with Crippen LogP contribution in [0.15, 0.2) is 46.9 Å². The summed E-state index contributed by atoms with van der Waals surface area (Å²) in [5, 5.41) is 10.9. The molecule has 1 N–H and O–H groups in total. The molecule has 98 valence electrons. The summed E-state index contributed by atoms with van der Waals surface area (Å²) in [4.78, 5) is 0. The van der Waals surface area contributed by atoms with E-state index in [0.717, 1.165) is 0 Å². The molecule has 0 spiro atoms. The molecule has 3 rings (SSSR count). The van der Waals surface area contributed by atoms with Gasteiger partial charge >= 0.3 is 0 Å². The maximum Gasteiger partial charge on any atom is 0.137 e. The van der Waals surface area contributed by atoms with Crippen LogP contribution >= 0.6 is 15.9 Å². The van der Waals surface area contributed by atoms with E-state index in [2.05, 4.69) is 15.9 Å². The van der Waals surface area contributed by atoms with Gasteiger partial charge in [-0.3, -0.25) is 0 Å². The Balaban J connectivity index is 2.16. The van der Waals surface area contributed by atoms with Crippen molar-refractivity contribution in [3.8, 4) is 5.75 Å². The molecular weight excluding hydrogens is 311 g/mol. The van der Waals surface area contributed by atoms with Crippen molar-refractivity contribution in [2.75, 3.05) is 6.61 Å². The Kier molecular flexibility index (Phi) is 3.07. The first kappa shape index (κ1) is 12.6. The van der Waals surface area contributed by atoms with Crippen LogP contribution < -0.4 is 4.74 Å². The van der Waals surface area contributed by atoms with Crippen molar-refractivity contribution in [1.29, 1.82) is 0 Å². The minimum absolute atomic E-state index is 0.380. The number of para-hydroxylation sites is 1. The lowest BCUT2D eigenvalue weighted by Gasteiger charge is -2.34. The van der Waals surface area contributed by atoms with E-state index in [1.807, 2.05) is 24.3 Å². The van der Waals surface area contributed by atoms with E-state index in [1.165, 1.54) is 6.07 Å². The minimum atomic E-state index is -1.20. The van der Waals surface area contributed by atoms with Gasteiger partial charge in [-0.25, -0.2) is 4.39 Å². The van der Waals surface area contributed by atoms with Gasteiger partial charge in [-0.15, -0.1) is 0 Å². The number of hydrogen-bond acceptors (Lipinski definition) is 2. The van der Waals surface area contributed by atoms with Crippen LogP contribution in [0.1, 0.15) is 17.5 Å². The van der Waals surface area contributed by atoms with Crippen molar-refractivity contribution in [2.24, 2.45) is 0 Å². The normalized spacial score (nSPS) is 21.6. The Morgan fingerprint density at radius 1 is 1.21 bits per heavy atom. The van der Waals surface area contributed by atoms with Crippen LogP contribution in [0, 0.1) is 5.82 Å². The lowest BCUT2D eigenvalue weighted by Crippen LogP contribution is -2.33. The first-order chi connectivity index (χ1) is 9.11. The Morgan fingerprint density at radius 2 is 2.00 bits per heavy atom. The summed E-state index contributed by atoms with van der Waals surface area (Å²) < 4.78 is 19.6. The first-order valence-electron chi connectivity index (χ1n) is 6.01. The van der Waals surface area contributed by atoms with Crippen molar-refractivity contribution in [3.05, 3.63) is 63.9 Å². The Bertz CT molecular complexity index is 629. The monoisotopic (exact) mass is 322 g/mol. The maximum absolute atomic E-state index is 13.7. The molecule has 0 bridgehead atoms. The fraction of sp³-hybridized carbons (Fsp3) is 0.200. The molecule has 0 fully saturated rings. The third-order valence-corrected chi connectivity index (χ3v) is 4.09. The molecule has 1 atom stereocenters. The van der Waals surface area contributed by atoms with Crippen molar-refractivity contribution in [1.82, 2.24) is 0 Å². The topological polar surface area (TPSA) is 29.5 Å². The van der Waals surface area contributed by atoms with Crippen molar-refractivity contribution < 1.29 is 14.2 Å². The van der Waals surface area contributed by atoms with E-state index in [1.54, 1.807) is 12.1 Å². The molecule has 0 saturated heterocycles. The van der Waals surface area contributed by atoms with E-state index in [-0.39, 0.29) is 5.82 Å². The van der Waals surface area contributed by atoms with Crippen molar-refractivity contribution in [3.63, 3.8) is 0 Å². The third kappa shape index (κ3) is 2.05. The summed E-state index contributed by atoms with van der Waals surface area (Å²) in [5.41, 5.74) is 0.0306. The molecule has 0 aromatic heterocycles. The van der Waals surface area contributed by atoms with E-state index in [0.29, 0.717) is 34.4 Å². The summed E-state index contributed by atoms with van der Waals surface area (Å²) in [6.45, 7) is 0.408. The molecule has 2 nitrogen and oxygen atoms in total. The van der Waals surface area contributed by atoms with Gasteiger partial charge in [0, 0.05) is 12.0 Å². The van der Waals surface area contributed by atoms with Gasteiger partial charge in [-0.05, 0) is 39.7 Å². The quantitative estimate of drug-likeness (QED) is 0.869. The van der Waals surface area contributed by atoms with Gasteiger partial charge in [0.25, 0.3) is 0 Å². The van der Waals surface area contributed by atoms with E-state index in [9.17, 15) is 9.50 Å². The summed E-state index contributed by atoms with van der Waals surface area (Å²) in [6, 6.07) is 12.0. The van der Waals surface area contributed by atoms with Gasteiger partial charge in [0.1, 0.15) is 17.2 Å². The van der Waals surface area contributed by atoms with E-state index in [4.69, 9.17) is 4.74 Å². The highest BCUT2D eigenvalue weighted by Gasteiger charge is 2.37. The Hall–Kier alpha value is -1.39. The van der Waals surface area contributed by atoms with Gasteiger partial charge in [0.2, 0.25) is 0 Å². The highest BCUT2D eigenvalue weighted by atomic mass is 79.9. The molecule has 1 heterocycles. The Morgan fingerprint density at radius 3 is 2.79 bits per heavy atom. The van der Waals surface area contributed by atoms with Crippen molar-refractivity contribution in [2.45, 2.75) is 12.0 Å². The van der Waals surface area contributed by atoms with Crippen LogP contribution in [0.2, 0.25) is 0 Å². The molecule has 2 aromatic rings. The first-order valence-corrected chi connectivity index (χ1v) is 6.81. The second-order valence-electron chi connectivity index (χ2n) is 4.58. The summed E-state index contributed by atoms with van der Waals surface area (Å²) in [7, 11) is 0. The van der Waals surface area contributed by atoms with E-state index >= 15 is 0 Å². The van der Waals surface area contributed by atoms with Gasteiger partial charge in [-0.1, -0.05) is 24.3 Å². The van der Waals surface area contributed by atoms with Crippen LogP contribution in [0.3, 0.4) is 0 Å². The molecule has 0 aliphatic carbocycles. The zero-order valence-corrected chi connectivity index (χ0v) is 11.7. The molecule has 2 aromatic carbocycles. The van der Waals surface area contributed by atoms with Crippen LogP contribution in [0.25, 0.3) is 0 Å².